The SMILES string of the molecule is Cc1[nH]ncc1CNC(=O)N1CCN(c2ncc(Cl)cc2Cl)CC1. The second-order valence-electron chi connectivity index (χ2n) is 5.61. The summed E-state index contributed by atoms with van der Waals surface area (Å²) >= 11 is 12.1. The van der Waals surface area contributed by atoms with E-state index in [9.17, 15) is 4.79 Å². The molecular formula is C15H18Cl2N6O. The fraction of sp³-hybridized carbons (Fsp3) is 0.400. The number of hydrogen-bond donors (Lipinski definition) is 2. The number of aromatic amines is 1. The van der Waals surface area contributed by atoms with E-state index in [4.69, 9.17) is 23.2 Å². The summed E-state index contributed by atoms with van der Waals surface area (Å²) in [5, 5.41) is 10.8. The van der Waals surface area contributed by atoms with E-state index in [0.29, 0.717) is 48.6 Å². The van der Waals surface area contributed by atoms with E-state index >= 15 is 0 Å². The summed E-state index contributed by atoms with van der Waals surface area (Å²) in [7, 11) is 0. The van der Waals surface area contributed by atoms with Crippen molar-refractivity contribution in [3.63, 3.8) is 0 Å². The monoisotopic (exact) mass is 368 g/mol. The number of piperazine rings is 1. The maximum atomic E-state index is 12.3. The highest BCUT2D eigenvalue weighted by Crippen LogP contribution is 2.26. The Morgan fingerprint density at radius 3 is 2.67 bits per heavy atom. The Morgan fingerprint density at radius 2 is 2.04 bits per heavy atom. The Morgan fingerprint density at radius 1 is 1.29 bits per heavy atom. The third-order valence-electron chi connectivity index (χ3n) is 4.02. The van der Waals surface area contributed by atoms with Gasteiger partial charge in [0.15, 0.2) is 0 Å². The van der Waals surface area contributed by atoms with Crippen LogP contribution in [-0.2, 0) is 6.54 Å². The maximum absolute atomic E-state index is 12.3. The Bertz CT molecular complexity index is 727. The molecule has 1 aliphatic rings. The van der Waals surface area contributed by atoms with E-state index < -0.39 is 0 Å². The Labute approximate surface area is 149 Å². The molecule has 9 heteroatoms. The third kappa shape index (κ3) is 3.73. The van der Waals surface area contributed by atoms with Gasteiger partial charge in [-0.05, 0) is 13.0 Å². The van der Waals surface area contributed by atoms with Gasteiger partial charge in [0.05, 0.1) is 16.2 Å². The van der Waals surface area contributed by atoms with Gasteiger partial charge in [-0.1, -0.05) is 23.2 Å². The highest BCUT2D eigenvalue weighted by Gasteiger charge is 2.23. The normalized spacial score (nSPS) is 14.8. The van der Waals surface area contributed by atoms with E-state index in [-0.39, 0.29) is 6.03 Å². The van der Waals surface area contributed by atoms with Crippen molar-refractivity contribution in [3.05, 3.63) is 39.8 Å². The lowest BCUT2D eigenvalue weighted by Gasteiger charge is -2.35. The number of nitrogens with one attached hydrogen (secondary N) is 2. The fourth-order valence-electron chi connectivity index (χ4n) is 2.60. The molecule has 1 saturated heterocycles. The zero-order valence-electron chi connectivity index (χ0n) is 13.2. The van der Waals surface area contributed by atoms with Crippen molar-refractivity contribution in [1.82, 2.24) is 25.4 Å². The van der Waals surface area contributed by atoms with Gasteiger partial charge in [-0.3, -0.25) is 5.10 Å². The number of carbonyl (C=O) groups excluding carboxylic acids is 1. The van der Waals surface area contributed by atoms with Gasteiger partial charge in [-0.15, -0.1) is 0 Å². The van der Waals surface area contributed by atoms with E-state index in [1.807, 2.05) is 6.92 Å². The maximum Gasteiger partial charge on any atom is 0.317 e. The predicted molar refractivity (Wildman–Crippen MR) is 93.6 cm³/mol. The minimum atomic E-state index is -0.0783. The Kier molecular flexibility index (Phi) is 5.11. The van der Waals surface area contributed by atoms with Crippen molar-refractivity contribution in [2.75, 3.05) is 31.1 Å². The van der Waals surface area contributed by atoms with E-state index in [1.165, 1.54) is 0 Å². The van der Waals surface area contributed by atoms with Crippen LogP contribution in [0.1, 0.15) is 11.3 Å². The molecule has 24 heavy (non-hydrogen) atoms. The first-order chi connectivity index (χ1) is 11.5. The van der Waals surface area contributed by atoms with Crippen molar-refractivity contribution in [2.24, 2.45) is 0 Å². The van der Waals surface area contributed by atoms with Gasteiger partial charge in [0, 0.05) is 50.2 Å². The fourth-order valence-corrected chi connectivity index (χ4v) is 3.10. The second kappa shape index (κ2) is 7.27. The molecule has 0 radical (unpaired) electrons. The zero-order valence-corrected chi connectivity index (χ0v) is 14.7. The van der Waals surface area contributed by atoms with Crippen molar-refractivity contribution in [2.45, 2.75) is 13.5 Å². The molecular weight excluding hydrogens is 351 g/mol. The smallest absolute Gasteiger partial charge is 0.317 e. The van der Waals surface area contributed by atoms with Crippen molar-refractivity contribution in [3.8, 4) is 0 Å². The molecule has 3 heterocycles. The first kappa shape index (κ1) is 16.9. The summed E-state index contributed by atoms with van der Waals surface area (Å²) in [5.41, 5.74) is 1.95. The Hall–Kier alpha value is -1.99. The number of anilines is 1. The third-order valence-corrected chi connectivity index (χ3v) is 4.50. The molecule has 2 aromatic heterocycles. The number of carbonyl (C=O) groups is 1. The molecule has 0 atom stereocenters. The standard InChI is InChI=1S/C15H18Cl2N6O/c1-10-11(8-20-21-10)7-19-15(24)23-4-2-22(3-5-23)14-13(17)6-12(16)9-18-14/h6,8-9H,2-5,7H2,1H3,(H,19,24)(H,20,21). The minimum absolute atomic E-state index is 0.0783. The first-order valence-corrected chi connectivity index (χ1v) is 8.38. The lowest BCUT2D eigenvalue weighted by molar-refractivity contribution is 0.194. The number of rotatable bonds is 3. The highest BCUT2D eigenvalue weighted by atomic mass is 35.5. The van der Waals surface area contributed by atoms with Crippen molar-refractivity contribution in [1.29, 1.82) is 0 Å². The molecule has 1 aliphatic heterocycles. The zero-order chi connectivity index (χ0) is 17.1. The van der Waals surface area contributed by atoms with Gasteiger partial charge in [-0.2, -0.15) is 5.10 Å². The van der Waals surface area contributed by atoms with Crippen LogP contribution in [-0.4, -0.2) is 52.3 Å². The van der Waals surface area contributed by atoms with Crippen LogP contribution < -0.4 is 10.2 Å². The molecule has 128 valence electrons. The second-order valence-corrected chi connectivity index (χ2v) is 6.46. The lowest BCUT2D eigenvalue weighted by atomic mass is 10.2. The summed E-state index contributed by atoms with van der Waals surface area (Å²) in [6.45, 7) is 4.95. The van der Waals surface area contributed by atoms with Crippen LogP contribution in [0.15, 0.2) is 18.5 Å². The average Bonchev–Trinajstić information content (AvgIpc) is 2.98. The molecule has 0 aliphatic carbocycles. The molecule has 0 saturated carbocycles. The molecule has 0 spiro atoms. The topological polar surface area (TPSA) is 77.2 Å². The molecule has 0 bridgehead atoms. The highest BCUT2D eigenvalue weighted by molar-refractivity contribution is 6.36. The van der Waals surface area contributed by atoms with E-state index in [2.05, 4.69) is 25.4 Å². The molecule has 2 N–H and O–H groups in total. The van der Waals surface area contributed by atoms with Gasteiger partial charge in [0.2, 0.25) is 0 Å². The number of H-pyrrole nitrogens is 1. The largest absolute Gasteiger partial charge is 0.352 e. The molecule has 0 unspecified atom stereocenters. The van der Waals surface area contributed by atoms with E-state index in [0.717, 1.165) is 11.3 Å². The summed E-state index contributed by atoms with van der Waals surface area (Å²) in [6, 6.07) is 1.60. The molecule has 3 rings (SSSR count). The van der Waals surface area contributed by atoms with Crippen LogP contribution in [0.3, 0.4) is 0 Å². The first-order valence-electron chi connectivity index (χ1n) is 7.62. The van der Waals surface area contributed by atoms with Gasteiger partial charge in [0.1, 0.15) is 5.82 Å². The van der Waals surface area contributed by atoms with Gasteiger partial charge in [0.25, 0.3) is 0 Å². The van der Waals surface area contributed by atoms with Crippen LogP contribution in [0.2, 0.25) is 10.0 Å². The molecule has 1 fully saturated rings. The van der Waals surface area contributed by atoms with Gasteiger partial charge < -0.3 is 15.1 Å². The molecule has 0 aromatic carbocycles. The van der Waals surface area contributed by atoms with Crippen LogP contribution in [0, 0.1) is 6.92 Å². The summed E-state index contributed by atoms with van der Waals surface area (Å²) in [5.74, 6) is 0.704. The van der Waals surface area contributed by atoms with E-state index in [1.54, 1.807) is 23.4 Å². The Balaban J connectivity index is 1.53. The lowest BCUT2D eigenvalue weighted by Crippen LogP contribution is -2.52. The summed E-state index contributed by atoms with van der Waals surface area (Å²) < 4.78 is 0. The number of aryl methyl sites for hydroxylation is 1. The quantitative estimate of drug-likeness (QED) is 0.872. The van der Waals surface area contributed by atoms with Gasteiger partial charge in [-0.25, -0.2) is 9.78 Å². The number of halogens is 2. The summed E-state index contributed by atoms with van der Waals surface area (Å²) in [6.07, 6.45) is 3.30. The number of pyridine rings is 1. The molecule has 2 amide bonds. The van der Waals surface area contributed by atoms with Crippen LogP contribution >= 0.6 is 23.2 Å². The predicted octanol–water partition coefficient (Wildman–Crippen LogP) is 2.45. The number of amides is 2. The van der Waals surface area contributed by atoms with Crippen LogP contribution in [0.5, 0.6) is 0 Å². The number of urea groups is 1. The molecule has 2 aromatic rings. The van der Waals surface area contributed by atoms with Crippen LogP contribution in [0.25, 0.3) is 0 Å². The van der Waals surface area contributed by atoms with Crippen molar-refractivity contribution < 1.29 is 4.79 Å². The number of hydrogen-bond acceptors (Lipinski definition) is 4. The van der Waals surface area contributed by atoms with Crippen molar-refractivity contribution >= 4 is 35.1 Å². The van der Waals surface area contributed by atoms with Gasteiger partial charge >= 0.3 is 6.03 Å². The average molecular weight is 369 g/mol. The van der Waals surface area contributed by atoms with Crippen LogP contribution in [0.4, 0.5) is 10.6 Å². The number of nitrogens with zero attached hydrogens (tertiary/aromatic N) is 4. The summed E-state index contributed by atoms with van der Waals surface area (Å²) in [4.78, 5) is 20.4. The minimum Gasteiger partial charge on any atom is -0.352 e. The number of aromatic nitrogens is 3. The molecule has 7 nitrogen and oxygen atoms in total.